The molecular formula is C19H19FN4O4S3. The number of anilines is 1. The molecule has 0 spiro atoms. The van der Waals surface area contributed by atoms with Crippen molar-refractivity contribution in [3.8, 4) is 5.75 Å². The number of nitrogens with zero attached hydrogens (tertiary/aromatic N) is 3. The average molecular weight is 483 g/mol. The first kappa shape index (κ1) is 23.1. The third-order valence-corrected chi connectivity index (χ3v) is 7.97. The molecular weight excluding hydrogens is 463 g/mol. The Balaban J connectivity index is 1.71. The molecule has 0 radical (unpaired) electrons. The van der Waals surface area contributed by atoms with Gasteiger partial charge in [0.1, 0.15) is 16.5 Å². The summed E-state index contributed by atoms with van der Waals surface area (Å²) in [6.07, 6.45) is 0. The fraction of sp³-hybridized carbons (Fsp3) is 0.211. The Kier molecular flexibility index (Phi) is 7.26. The van der Waals surface area contributed by atoms with Gasteiger partial charge in [-0.2, -0.15) is 0 Å². The number of hydrogen-bond donors (Lipinski definition) is 1. The van der Waals surface area contributed by atoms with Crippen LogP contribution in [0.5, 0.6) is 5.75 Å². The summed E-state index contributed by atoms with van der Waals surface area (Å²) in [5.41, 5.74) is 1.07. The van der Waals surface area contributed by atoms with Crippen molar-refractivity contribution in [2.24, 2.45) is 0 Å². The van der Waals surface area contributed by atoms with Crippen molar-refractivity contribution in [2.75, 3.05) is 26.5 Å². The first-order valence-corrected chi connectivity index (χ1v) is 12.1. The van der Waals surface area contributed by atoms with Gasteiger partial charge in [0.2, 0.25) is 15.2 Å². The van der Waals surface area contributed by atoms with Crippen molar-refractivity contribution in [1.82, 2.24) is 14.5 Å². The second kappa shape index (κ2) is 9.73. The summed E-state index contributed by atoms with van der Waals surface area (Å²) in [5.74, 6) is -0.105. The second-order valence-electron chi connectivity index (χ2n) is 6.40. The lowest BCUT2D eigenvalue weighted by molar-refractivity contribution is 0.102. The maximum atomic E-state index is 13.0. The predicted octanol–water partition coefficient (Wildman–Crippen LogP) is 3.48. The number of carbonyl (C=O) groups is 1. The van der Waals surface area contributed by atoms with Crippen LogP contribution in [0.2, 0.25) is 0 Å². The monoisotopic (exact) mass is 482 g/mol. The van der Waals surface area contributed by atoms with Crippen LogP contribution in [0.3, 0.4) is 0 Å². The molecule has 3 aromatic rings. The van der Waals surface area contributed by atoms with Gasteiger partial charge in [-0.15, -0.1) is 10.2 Å². The molecule has 0 saturated heterocycles. The van der Waals surface area contributed by atoms with E-state index >= 15 is 0 Å². The molecule has 1 N–H and O–H groups in total. The highest BCUT2D eigenvalue weighted by Gasteiger charge is 2.24. The Morgan fingerprint density at radius 2 is 1.90 bits per heavy atom. The lowest BCUT2D eigenvalue weighted by atomic mass is 10.2. The molecule has 0 aliphatic carbocycles. The number of nitrogens with one attached hydrogen (secondary N) is 1. The number of carbonyl (C=O) groups excluding carboxylic acids is 1. The minimum absolute atomic E-state index is 0.111. The summed E-state index contributed by atoms with van der Waals surface area (Å²) >= 11 is 2.59. The Morgan fingerprint density at radius 3 is 2.55 bits per heavy atom. The summed E-state index contributed by atoms with van der Waals surface area (Å²) in [7, 11) is 0.346. The molecule has 1 aromatic heterocycles. The van der Waals surface area contributed by atoms with Crippen LogP contribution in [0, 0.1) is 5.82 Å². The Labute approximate surface area is 187 Å². The molecule has 0 aliphatic heterocycles. The quantitative estimate of drug-likeness (QED) is 0.387. The Hall–Kier alpha value is -2.54. The number of halogens is 1. The van der Waals surface area contributed by atoms with Crippen LogP contribution < -0.4 is 10.1 Å². The van der Waals surface area contributed by atoms with Crippen molar-refractivity contribution >= 4 is 44.2 Å². The zero-order valence-electron chi connectivity index (χ0n) is 16.8. The van der Waals surface area contributed by atoms with Crippen LogP contribution in [-0.4, -0.2) is 50.0 Å². The SMILES string of the molecule is COc1ccc(C(=O)Nc2nnc(SCc3ccc(F)cc3)s2)cc1S(=O)(=O)N(C)C. The molecule has 0 bridgehead atoms. The molecule has 0 aliphatic rings. The first-order chi connectivity index (χ1) is 14.7. The molecule has 0 atom stereocenters. The van der Waals surface area contributed by atoms with E-state index in [1.165, 1.54) is 74.6 Å². The zero-order chi connectivity index (χ0) is 22.6. The topological polar surface area (TPSA) is 101 Å². The normalized spacial score (nSPS) is 11.5. The van der Waals surface area contributed by atoms with Gasteiger partial charge in [-0.25, -0.2) is 17.1 Å². The molecule has 1 heterocycles. The molecule has 1 amide bonds. The fourth-order valence-electron chi connectivity index (χ4n) is 2.43. The van der Waals surface area contributed by atoms with Crippen molar-refractivity contribution in [3.63, 3.8) is 0 Å². The van der Waals surface area contributed by atoms with E-state index in [0.717, 1.165) is 9.87 Å². The van der Waals surface area contributed by atoms with E-state index in [4.69, 9.17) is 4.74 Å². The van der Waals surface area contributed by atoms with E-state index in [0.29, 0.717) is 10.1 Å². The van der Waals surface area contributed by atoms with E-state index in [-0.39, 0.29) is 27.2 Å². The van der Waals surface area contributed by atoms with Crippen molar-refractivity contribution in [2.45, 2.75) is 15.0 Å². The number of rotatable bonds is 8. The van der Waals surface area contributed by atoms with E-state index in [1.54, 1.807) is 12.1 Å². The van der Waals surface area contributed by atoms with Crippen LogP contribution in [0.25, 0.3) is 0 Å². The average Bonchev–Trinajstić information content (AvgIpc) is 3.20. The maximum Gasteiger partial charge on any atom is 0.257 e. The number of amides is 1. The van der Waals surface area contributed by atoms with Gasteiger partial charge >= 0.3 is 0 Å². The number of benzene rings is 2. The molecule has 164 valence electrons. The number of methoxy groups -OCH3 is 1. The maximum absolute atomic E-state index is 13.0. The molecule has 31 heavy (non-hydrogen) atoms. The van der Waals surface area contributed by atoms with Gasteiger partial charge in [-0.05, 0) is 35.9 Å². The van der Waals surface area contributed by atoms with Gasteiger partial charge < -0.3 is 4.74 Å². The predicted molar refractivity (Wildman–Crippen MR) is 118 cm³/mol. The van der Waals surface area contributed by atoms with Crippen LogP contribution in [0.1, 0.15) is 15.9 Å². The fourth-order valence-corrected chi connectivity index (χ4v) is 5.21. The van der Waals surface area contributed by atoms with E-state index in [2.05, 4.69) is 15.5 Å². The van der Waals surface area contributed by atoms with Crippen molar-refractivity contribution < 1.29 is 22.3 Å². The van der Waals surface area contributed by atoms with Gasteiger partial charge in [-0.1, -0.05) is 35.2 Å². The van der Waals surface area contributed by atoms with Gasteiger partial charge in [0.15, 0.2) is 4.34 Å². The standard InChI is InChI=1S/C19H19FN4O4S3/c1-24(2)31(26,27)16-10-13(6-9-15(16)28-3)17(25)21-18-22-23-19(30-18)29-11-12-4-7-14(20)8-5-12/h4-10H,11H2,1-3H3,(H,21,22,25). The third-order valence-electron chi connectivity index (χ3n) is 4.09. The Morgan fingerprint density at radius 1 is 1.19 bits per heavy atom. The lowest BCUT2D eigenvalue weighted by Gasteiger charge is -2.15. The largest absolute Gasteiger partial charge is 0.495 e. The summed E-state index contributed by atoms with van der Waals surface area (Å²) < 4.78 is 44.8. The zero-order valence-corrected chi connectivity index (χ0v) is 19.3. The Bertz CT molecular complexity index is 1180. The van der Waals surface area contributed by atoms with Crippen LogP contribution >= 0.6 is 23.1 Å². The molecule has 0 unspecified atom stereocenters. The summed E-state index contributed by atoms with van der Waals surface area (Å²) in [6, 6.07) is 10.3. The van der Waals surface area contributed by atoms with Gasteiger partial charge in [-0.3, -0.25) is 10.1 Å². The van der Waals surface area contributed by atoms with Gasteiger partial charge in [0, 0.05) is 25.4 Å². The summed E-state index contributed by atoms with van der Waals surface area (Å²) in [5, 5.41) is 10.9. The highest BCUT2D eigenvalue weighted by Crippen LogP contribution is 2.30. The number of hydrogen-bond acceptors (Lipinski definition) is 8. The molecule has 0 saturated carbocycles. The minimum Gasteiger partial charge on any atom is -0.495 e. The van der Waals surface area contributed by atoms with Crippen LogP contribution in [-0.2, 0) is 15.8 Å². The molecule has 12 heteroatoms. The van der Waals surface area contributed by atoms with E-state index in [1.807, 2.05) is 0 Å². The number of ether oxygens (including phenoxy) is 1. The number of sulfonamides is 1. The number of thioether (sulfide) groups is 1. The summed E-state index contributed by atoms with van der Waals surface area (Å²) in [4.78, 5) is 12.5. The lowest BCUT2D eigenvalue weighted by Crippen LogP contribution is -2.23. The van der Waals surface area contributed by atoms with Crippen LogP contribution in [0.4, 0.5) is 9.52 Å². The molecule has 3 rings (SSSR count). The van der Waals surface area contributed by atoms with Crippen molar-refractivity contribution in [1.29, 1.82) is 0 Å². The highest BCUT2D eigenvalue weighted by molar-refractivity contribution is 8.00. The third kappa shape index (κ3) is 5.58. The highest BCUT2D eigenvalue weighted by atomic mass is 32.2. The molecule has 8 nitrogen and oxygen atoms in total. The summed E-state index contributed by atoms with van der Waals surface area (Å²) in [6.45, 7) is 0. The van der Waals surface area contributed by atoms with Crippen LogP contribution in [0.15, 0.2) is 51.7 Å². The first-order valence-electron chi connectivity index (χ1n) is 8.83. The smallest absolute Gasteiger partial charge is 0.257 e. The molecule has 2 aromatic carbocycles. The second-order valence-corrected chi connectivity index (χ2v) is 10.7. The van der Waals surface area contributed by atoms with Gasteiger partial charge in [0.25, 0.3) is 5.91 Å². The van der Waals surface area contributed by atoms with E-state index in [9.17, 15) is 17.6 Å². The molecule has 0 fully saturated rings. The number of aromatic nitrogens is 2. The van der Waals surface area contributed by atoms with E-state index < -0.39 is 15.9 Å². The van der Waals surface area contributed by atoms with Gasteiger partial charge in [0.05, 0.1) is 7.11 Å². The minimum atomic E-state index is -3.80. The van der Waals surface area contributed by atoms with Crippen molar-refractivity contribution in [3.05, 3.63) is 59.4 Å².